The van der Waals surface area contributed by atoms with Crippen LogP contribution in [-0.2, 0) is 6.18 Å². The fourth-order valence-corrected chi connectivity index (χ4v) is 3.96. The van der Waals surface area contributed by atoms with Crippen molar-refractivity contribution in [3.8, 4) is 0 Å². The van der Waals surface area contributed by atoms with Gasteiger partial charge in [-0.25, -0.2) is 0 Å². The molecule has 2 N–H and O–H groups in total. The van der Waals surface area contributed by atoms with Crippen LogP contribution < -0.4 is 10.2 Å². The summed E-state index contributed by atoms with van der Waals surface area (Å²) in [5.74, 6) is 0.517. The van der Waals surface area contributed by atoms with Crippen molar-refractivity contribution in [2.75, 3.05) is 23.3 Å². The highest BCUT2D eigenvalue weighted by atomic mass is 19.4. The number of anilines is 2. The number of halogens is 3. The Morgan fingerprint density at radius 3 is 2.50 bits per heavy atom. The van der Waals surface area contributed by atoms with Gasteiger partial charge in [0.1, 0.15) is 0 Å². The predicted molar refractivity (Wildman–Crippen MR) is 111 cm³/mol. The highest BCUT2D eigenvalue weighted by molar-refractivity contribution is 5.95. The molecule has 2 aromatic carbocycles. The van der Waals surface area contributed by atoms with Gasteiger partial charge in [0.25, 0.3) is 0 Å². The maximum absolute atomic E-state index is 13.3. The number of nitrogens with zero attached hydrogens (tertiary/aromatic N) is 3. The quantitative estimate of drug-likeness (QED) is 0.650. The van der Waals surface area contributed by atoms with Crippen molar-refractivity contribution in [3.63, 3.8) is 0 Å². The first kappa shape index (κ1) is 20.4. The van der Waals surface area contributed by atoms with Gasteiger partial charge in [0.05, 0.1) is 23.4 Å². The normalized spacial score (nSPS) is 15.9. The zero-order valence-electron chi connectivity index (χ0n) is 17.0. The lowest BCUT2D eigenvalue weighted by Crippen LogP contribution is -2.50. The van der Waals surface area contributed by atoms with Crippen LogP contribution in [0.1, 0.15) is 35.3 Å². The molecule has 0 saturated carbocycles. The fraction of sp³-hybridized carbons (Fsp3) is 0.364. The molecular formula is C22H23F3N4O. The number of nitrogens with one attached hydrogen (secondary N) is 1. The smallest absolute Gasteiger partial charge is 0.389 e. The molecule has 1 aliphatic heterocycles. The van der Waals surface area contributed by atoms with E-state index in [1.54, 1.807) is 6.07 Å². The fourth-order valence-electron chi connectivity index (χ4n) is 3.96. The van der Waals surface area contributed by atoms with E-state index in [4.69, 9.17) is 0 Å². The number of rotatable bonds is 4. The van der Waals surface area contributed by atoms with Crippen molar-refractivity contribution in [1.29, 1.82) is 0 Å². The highest BCUT2D eigenvalue weighted by Gasteiger charge is 2.33. The molecule has 0 aliphatic carbocycles. The Balaban J connectivity index is 1.70. The summed E-state index contributed by atoms with van der Waals surface area (Å²) in [6.07, 6.45) is -4.72. The molecule has 5 nitrogen and oxygen atoms in total. The Morgan fingerprint density at radius 1 is 1.10 bits per heavy atom. The number of aromatic nitrogens is 2. The van der Waals surface area contributed by atoms with E-state index in [1.165, 1.54) is 13.0 Å². The molecule has 1 aromatic heterocycles. The van der Waals surface area contributed by atoms with Gasteiger partial charge in [0, 0.05) is 29.5 Å². The number of hydrogen-bond donors (Lipinski definition) is 2. The van der Waals surface area contributed by atoms with Gasteiger partial charge < -0.3 is 15.3 Å². The van der Waals surface area contributed by atoms with Gasteiger partial charge in [-0.3, -0.25) is 0 Å². The summed E-state index contributed by atoms with van der Waals surface area (Å²) < 4.78 is 39.9. The van der Waals surface area contributed by atoms with Gasteiger partial charge in [-0.15, -0.1) is 5.10 Å². The molecule has 3 aromatic rings. The van der Waals surface area contributed by atoms with Gasteiger partial charge in [0.2, 0.25) is 0 Å². The van der Waals surface area contributed by atoms with Crippen molar-refractivity contribution in [2.24, 2.45) is 0 Å². The summed E-state index contributed by atoms with van der Waals surface area (Å²) in [5, 5.41) is 23.1. The van der Waals surface area contributed by atoms with Crippen LogP contribution in [0.25, 0.3) is 10.8 Å². The van der Waals surface area contributed by atoms with Crippen LogP contribution in [0.2, 0.25) is 0 Å². The molecule has 0 bridgehead atoms. The average molecular weight is 416 g/mol. The van der Waals surface area contributed by atoms with Crippen LogP contribution in [0.5, 0.6) is 0 Å². The third kappa shape index (κ3) is 3.67. The van der Waals surface area contributed by atoms with E-state index in [1.807, 2.05) is 32.0 Å². The minimum Gasteiger partial charge on any atom is -0.389 e. The van der Waals surface area contributed by atoms with Crippen molar-refractivity contribution >= 4 is 22.3 Å². The average Bonchev–Trinajstić information content (AvgIpc) is 2.66. The first-order chi connectivity index (χ1) is 14.1. The first-order valence-electron chi connectivity index (χ1n) is 9.78. The van der Waals surface area contributed by atoms with E-state index in [-0.39, 0.29) is 11.7 Å². The van der Waals surface area contributed by atoms with Gasteiger partial charge in [-0.2, -0.15) is 18.3 Å². The lowest BCUT2D eigenvalue weighted by molar-refractivity contribution is -0.138. The Morgan fingerprint density at radius 2 is 1.83 bits per heavy atom. The topological polar surface area (TPSA) is 61.3 Å². The van der Waals surface area contributed by atoms with E-state index in [9.17, 15) is 18.3 Å². The minimum absolute atomic E-state index is 0.199. The van der Waals surface area contributed by atoms with Crippen molar-refractivity contribution in [3.05, 3.63) is 58.8 Å². The van der Waals surface area contributed by atoms with E-state index < -0.39 is 17.8 Å². The molecular weight excluding hydrogens is 393 g/mol. The molecule has 1 fully saturated rings. The molecule has 30 heavy (non-hydrogen) atoms. The zero-order chi connectivity index (χ0) is 21.6. The third-order valence-electron chi connectivity index (χ3n) is 5.68. The number of β-amino-alcohol motifs (C(OH)–C–C–N with tert-alkyl or cyclic N) is 1. The van der Waals surface area contributed by atoms with Crippen molar-refractivity contribution in [1.82, 2.24) is 10.2 Å². The van der Waals surface area contributed by atoms with Crippen molar-refractivity contribution in [2.45, 2.75) is 39.1 Å². The SMILES string of the molecule is Cc1c(C(C)Nc2nnc(C)c3ccc(N4CC(O)C4)cc23)cccc1C(F)(F)F. The summed E-state index contributed by atoms with van der Waals surface area (Å²) in [6.45, 7) is 6.32. The van der Waals surface area contributed by atoms with Crippen LogP contribution in [0.15, 0.2) is 36.4 Å². The number of fused-ring (bicyclic) bond motifs is 1. The van der Waals surface area contributed by atoms with E-state index in [0.29, 0.717) is 24.5 Å². The van der Waals surface area contributed by atoms with Crippen LogP contribution in [0.3, 0.4) is 0 Å². The second-order valence-corrected chi connectivity index (χ2v) is 7.81. The van der Waals surface area contributed by atoms with Gasteiger partial charge in [-0.05, 0) is 50.1 Å². The van der Waals surface area contributed by atoms with Crippen molar-refractivity contribution < 1.29 is 18.3 Å². The standard InChI is InChI=1S/C22H23F3N4O/c1-12-17(5-4-6-20(12)22(23,24)25)13(2)26-21-19-9-15(29-10-16(30)11-29)7-8-18(19)14(3)27-28-21/h4-9,13,16,30H,10-11H2,1-3H3,(H,26,28). The summed E-state index contributed by atoms with van der Waals surface area (Å²) in [7, 11) is 0. The number of alkyl halides is 3. The molecule has 0 radical (unpaired) electrons. The van der Waals surface area contributed by atoms with Gasteiger partial charge in [-0.1, -0.05) is 18.2 Å². The lowest BCUT2D eigenvalue weighted by atomic mass is 9.97. The largest absolute Gasteiger partial charge is 0.416 e. The molecule has 2 heterocycles. The molecule has 8 heteroatoms. The van der Waals surface area contributed by atoms with Crippen LogP contribution in [0, 0.1) is 13.8 Å². The molecule has 4 rings (SSSR count). The number of hydrogen-bond acceptors (Lipinski definition) is 5. The highest BCUT2D eigenvalue weighted by Crippen LogP contribution is 2.36. The summed E-state index contributed by atoms with van der Waals surface area (Å²) in [4.78, 5) is 2.06. The maximum Gasteiger partial charge on any atom is 0.416 e. The zero-order valence-corrected chi connectivity index (χ0v) is 17.0. The number of aliphatic hydroxyl groups is 1. The molecule has 158 valence electrons. The summed E-state index contributed by atoms with van der Waals surface area (Å²) >= 11 is 0. The lowest BCUT2D eigenvalue weighted by Gasteiger charge is -2.38. The Labute approximate surface area is 172 Å². The second kappa shape index (κ2) is 7.43. The van der Waals surface area contributed by atoms with Crippen LogP contribution in [-0.4, -0.2) is 34.5 Å². The molecule has 1 unspecified atom stereocenters. The molecule has 0 amide bonds. The minimum atomic E-state index is -4.40. The second-order valence-electron chi connectivity index (χ2n) is 7.81. The predicted octanol–water partition coefficient (Wildman–Crippen LogP) is 4.62. The Bertz CT molecular complexity index is 1090. The molecule has 1 aliphatic rings. The van der Waals surface area contributed by atoms with E-state index >= 15 is 0 Å². The molecule has 1 saturated heterocycles. The monoisotopic (exact) mass is 416 g/mol. The summed E-state index contributed by atoms with van der Waals surface area (Å²) in [5.41, 5.74) is 1.86. The first-order valence-corrected chi connectivity index (χ1v) is 9.78. The Hall–Kier alpha value is -2.87. The number of benzene rings is 2. The van der Waals surface area contributed by atoms with Gasteiger partial charge in [0.15, 0.2) is 5.82 Å². The third-order valence-corrected chi connectivity index (χ3v) is 5.68. The van der Waals surface area contributed by atoms with E-state index in [0.717, 1.165) is 28.2 Å². The van der Waals surface area contributed by atoms with Crippen LogP contribution >= 0.6 is 0 Å². The van der Waals surface area contributed by atoms with Gasteiger partial charge >= 0.3 is 6.18 Å². The Kier molecular flexibility index (Phi) is 5.05. The maximum atomic E-state index is 13.3. The molecule has 0 spiro atoms. The number of aliphatic hydroxyl groups excluding tert-OH is 1. The molecule has 1 atom stereocenters. The number of aryl methyl sites for hydroxylation is 1. The van der Waals surface area contributed by atoms with Crippen LogP contribution in [0.4, 0.5) is 24.7 Å². The van der Waals surface area contributed by atoms with E-state index in [2.05, 4.69) is 20.4 Å². The summed E-state index contributed by atoms with van der Waals surface area (Å²) in [6, 6.07) is 9.74.